The summed E-state index contributed by atoms with van der Waals surface area (Å²) >= 11 is 0. The van der Waals surface area contributed by atoms with Gasteiger partial charge in [0.15, 0.2) is 0 Å². The first kappa shape index (κ1) is 14.7. The summed E-state index contributed by atoms with van der Waals surface area (Å²) in [7, 11) is 1.18. The monoisotopic (exact) mass is 265 g/mol. The van der Waals surface area contributed by atoms with Gasteiger partial charge in [0.1, 0.15) is 18.9 Å². The molecule has 0 aromatic heterocycles. The van der Waals surface area contributed by atoms with Crippen LogP contribution in [0.15, 0.2) is 30.3 Å². The molecule has 0 aliphatic heterocycles. The number of ether oxygens (including phenoxy) is 2. The Balaban J connectivity index is 2.44. The summed E-state index contributed by atoms with van der Waals surface area (Å²) in [5.41, 5.74) is 0.822. The maximum absolute atomic E-state index is 11.5. The second-order valence-corrected chi connectivity index (χ2v) is 3.68. The van der Waals surface area contributed by atoms with Crippen molar-refractivity contribution in [2.45, 2.75) is 19.1 Å². The summed E-state index contributed by atoms with van der Waals surface area (Å²) < 4.78 is 9.39. The van der Waals surface area contributed by atoms with E-state index in [2.05, 4.69) is 10.1 Å². The molecular weight excluding hydrogens is 250 g/mol. The summed E-state index contributed by atoms with van der Waals surface area (Å²) in [5.74, 6) is -0.691. The third-order valence-electron chi connectivity index (χ3n) is 2.32. The number of hydrogen-bond acceptors (Lipinski definition) is 5. The van der Waals surface area contributed by atoms with Crippen molar-refractivity contribution in [2.24, 2.45) is 0 Å². The van der Waals surface area contributed by atoms with Crippen molar-refractivity contribution in [2.75, 3.05) is 7.11 Å². The molecule has 1 N–H and O–H groups in total. The molecule has 0 radical (unpaired) electrons. The smallest absolute Gasteiger partial charge is 0.408 e. The summed E-state index contributed by atoms with van der Waals surface area (Å²) in [6.45, 7) is 0.0850. The second kappa shape index (κ2) is 7.86. The number of aldehydes is 1. The average Bonchev–Trinajstić information content (AvgIpc) is 2.45. The molecule has 102 valence electrons. The van der Waals surface area contributed by atoms with Gasteiger partial charge in [-0.3, -0.25) is 0 Å². The van der Waals surface area contributed by atoms with Crippen molar-refractivity contribution in [3.8, 4) is 0 Å². The highest BCUT2D eigenvalue weighted by Crippen LogP contribution is 2.01. The van der Waals surface area contributed by atoms with Crippen LogP contribution in [-0.4, -0.2) is 31.5 Å². The predicted molar refractivity (Wildman–Crippen MR) is 66.2 cm³/mol. The van der Waals surface area contributed by atoms with E-state index < -0.39 is 18.1 Å². The van der Waals surface area contributed by atoms with Crippen LogP contribution in [0.3, 0.4) is 0 Å². The number of hydrogen-bond donors (Lipinski definition) is 1. The second-order valence-electron chi connectivity index (χ2n) is 3.68. The molecule has 1 aromatic carbocycles. The van der Waals surface area contributed by atoms with Crippen molar-refractivity contribution in [3.05, 3.63) is 35.9 Å². The molecule has 0 fully saturated rings. The largest absolute Gasteiger partial charge is 0.467 e. The number of nitrogens with one attached hydrogen (secondary N) is 1. The number of rotatable bonds is 6. The number of benzene rings is 1. The first-order valence-corrected chi connectivity index (χ1v) is 5.66. The van der Waals surface area contributed by atoms with E-state index in [9.17, 15) is 14.4 Å². The van der Waals surface area contributed by atoms with Crippen LogP contribution in [0, 0.1) is 0 Å². The molecule has 1 rings (SSSR count). The molecular formula is C13H15NO5. The lowest BCUT2D eigenvalue weighted by Crippen LogP contribution is -2.42. The molecule has 1 aromatic rings. The average molecular weight is 265 g/mol. The fourth-order valence-corrected chi connectivity index (χ4v) is 1.36. The third-order valence-corrected chi connectivity index (χ3v) is 2.32. The van der Waals surface area contributed by atoms with Crippen molar-refractivity contribution >= 4 is 18.3 Å². The SMILES string of the molecule is COC(=O)[C@@H](CC=O)NC(=O)OCc1ccccc1. The Morgan fingerprint density at radius 2 is 2.00 bits per heavy atom. The van der Waals surface area contributed by atoms with E-state index in [0.717, 1.165) is 5.56 Å². The van der Waals surface area contributed by atoms with E-state index in [1.807, 2.05) is 18.2 Å². The summed E-state index contributed by atoms with van der Waals surface area (Å²) in [4.78, 5) is 33.1. The quantitative estimate of drug-likeness (QED) is 0.614. The van der Waals surface area contributed by atoms with Crippen LogP contribution in [0.25, 0.3) is 0 Å². The van der Waals surface area contributed by atoms with Gasteiger partial charge in [0.2, 0.25) is 0 Å². The van der Waals surface area contributed by atoms with Crippen LogP contribution >= 0.6 is 0 Å². The van der Waals surface area contributed by atoms with Crippen molar-refractivity contribution in [1.29, 1.82) is 0 Å². The van der Waals surface area contributed by atoms with E-state index in [1.165, 1.54) is 7.11 Å². The van der Waals surface area contributed by atoms with Crippen LogP contribution in [0.5, 0.6) is 0 Å². The zero-order valence-electron chi connectivity index (χ0n) is 10.5. The first-order chi connectivity index (χ1) is 9.17. The van der Waals surface area contributed by atoms with Gasteiger partial charge in [-0.05, 0) is 5.56 Å². The van der Waals surface area contributed by atoms with E-state index in [1.54, 1.807) is 12.1 Å². The van der Waals surface area contributed by atoms with Crippen molar-refractivity contribution in [1.82, 2.24) is 5.32 Å². The van der Waals surface area contributed by atoms with Crippen LogP contribution in [0.2, 0.25) is 0 Å². The molecule has 1 amide bonds. The van der Waals surface area contributed by atoms with E-state index >= 15 is 0 Å². The predicted octanol–water partition coefficient (Wildman–Crippen LogP) is 1.04. The fraction of sp³-hybridized carbons (Fsp3) is 0.308. The summed E-state index contributed by atoms with van der Waals surface area (Å²) in [6.07, 6.45) is -0.410. The number of amides is 1. The van der Waals surface area contributed by atoms with Crippen LogP contribution in [0.4, 0.5) is 4.79 Å². The van der Waals surface area contributed by atoms with Crippen LogP contribution in [0.1, 0.15) is 12.0 Å². The molecule has 0 unspecified atom stereocenters. The van der Waals surface area contributed by atoms with Gasteiger partial charge in [-0.1, -0.05) is 30.3 Å². The lowest BCUT2D eigenvalue weighted by molar-refractivity contribution is -0.143. The highest BCUT2D eigenvalue weighted by molar-refractivity contribution is 5.83. The molecule has 0 heterocycles. The van der Waals surface area contributed by atoms with Gasteiger partial charge in [0, 0.05) is 6.42 Å². The van der Waals surface area contributed by atoms with Gasteiger partial charge < -0.3 is 19.6 Å². The van der Waals surface area contributed by atoms with Gasteiger partial charge in [-0.15, -0.1) is 0 Å². The Morgan fingerprint density at radius 3 is 2.58 bits per heavy atom. The summed E-state index contributed by atoms with van der Waals surface area (Å²) in [5, 5.41) is 2.27. The highest BCUT2D eigenvalue weighted by Gasteiger charge is 2.21. The maximum atomic E-state index is 11.5. The highest BCUT2D eigenvalue weighted by atomic mass is 16.6. The normalized spacial score (nSPS) is 11.2. The van der Waals surface area contributed by atoms with Crippen LogP contribution < -0.4 is 5.32 Å². The number of carbonyl (C=O) groups excluding carboxylic acids is 3. The summed E-state index contributed by atoms with van der Waals surface area (Å²) in [6, 6.07) is 8.07. The molecule has 19 heavy (non-hydrogen) atoms. The Bertz CT molecular complexity index is 432. The Morgan fingerprint density at radius 1 is 1.32 bits per heavy atom. The molecule has 0 spiro atoms. The van der Waals surface area contributed by atoms with Gasteiger partial charge in [0.05, 0.1) is 7.11 Å². The van der Waals surface area contributed by atoms with E-state index in [-0.39, 0.29) is 13.0 Å². The lowest BCUT2D eigenvalue weighted by Gasteiger charge is -2.13. The molecule has 0 saturated carbocycles. The topological polar surface area (TPSA) is 81.7 Å². The minimum absolute atomic E-state index is 0.0850. The molecule has 0 bridgehead atoms. The zero-order chi connectivity index (χ0) is 14.1. The van der Waals surface area contributed by atoms with Gasteiger partial charge in [-0.25, -0.2) is 9.59 Å². The van der Waals surface area contributed by atoms with E-state index in [0.29, 0.717) is 6.29 Å². The van der Waals surface area contributed by atoms with Crippen molar-refractivity contribution in [3.63, 3.8) is 0 Å². The number of esters is 1. The molecule has 1 atom stereocenters. The minimum atomic E-state index is -1.02. The van der Waals surface area contributed by atoms with Gasteiger partial charge in [0.25, 0.3) is 0 Å². The first-order valence-electron chi connectivity index (χ1n) is 5.66. The standard InChI is InChI=1S/C13H15NO5/c1-18-12(16)11(7-8-15)14-13(17)19-9-10-5-3-2-4-6-10/h2-6,8,11H,7,9H2,1H3,(H,14,17)/t11-/m1/s1. The lowest BCUT2D eigenvalue weighted by atomic mass is 10.2. The van der Waals surface area contributed by atoms with E-state index in [4.69, 9.17) is 4.74 Å². The molecule has 6 heteroatoms. The van der Waals surface area contributed by atoms with Crippen molar-refractivity contribution < 1.29 is 23.9 Å². The number of methoxy groups -OCH3 is 1. The van der Waals surface area contributed by atoms with Gasteiger partial charge >= 0.3 is 12.1 Å². The third kappa shape index (κ3) is 5.20. The van der Waals surface area contributed by atoms with Crippen LogP contribution in [-0.2, 0) is 25.7 Å². The molecule has 0 aliphatic carbocycles. The molecule has 6 nitrogen and oxygen atoms in total. The number of alkyl carbamates (subject to hydrolysis) is 1. The Hall–Kier alpha value is -2.37. The zero-order valence-corrected chi connectivity index (χ0v) is 10.5. The minimum Gasteiger partial charge on any atom is -0.467 e. The molecule has 0 aliphatic rings. The Kier molecular flexibility index (Phi) is 6.08. The molecule has 0 saturated heterocycles. The fourth-order valence-electron chi connectivity index (χ4n) is 1.36. The number of carbonyl (C=O) groups is 3. The van der Waals surface area contributed by atoms with Gasteiger partial charge in [-0.2, -0.15) is 0 Å². The maximum Gasteiger partial charge on any atom is 0.408 e. The Labute approximate surface area is 110 Å².